The second kappa shape index (κ2) is 3.52. The zero-order chi connectivity index (χ0) is 4.12. The van der Waals surface area contributed by atoms with Gasteiger partial charge in [0.05, 0.1) is 0 Å². The van der Waals surface area contributed by atoms with Crippen LogP contribution in [0.15, 0.2) is 0 Å². The maximum atomic E-state index is 7.77. The Labute approximate surface area is 31.6 Å². The molecule has 0 atom stereocenters. The van der Waals surface area contributed by atoms with Crippen molar-refractivity contribution in [1.29, 1.82) is 0 Å². The van der Waals surface area contributed by atoms with Crippen molar-refractivity contribution in [3.8, 4) is 11.8 Å². The van der Waals surface area contributed by atoms with Crippen molar-refractivity contribution in [3.05, 3.63) is 6.61 Å². The van der Waals surface area contributed by atoms with Crippen molar-refractivity contribution in [2.24, 2.45) is 0 Å². The number of aliphatic hydroxyl groups is 1. The lowest BCUT2D eigenvalue weighted by molar-refractivity contribution is 0.427. The second-order valence-corrected chi connectivity index (χ2v) is 0.523. The normalized spacial score (nSPS) is 5.20. The molecule has 0 saturated heterocycles. The highest BCUT2D eigenvalue weighted by molar-refractivity contribution is 5.01. The molecule has 5 heavy (non-hydrogen) atoms. The van der Waals surface area contributed by atoms with Crippen LogP contribution in [0.25, 0.3) is 0 Å². The van der Waals surface area contributed by atoms with Crippen LogP contribution in [0.2, 0.25) is 0 Å². The fourth-order valence-electron chi connectivity index (χ4n) is 0.0645. The Hall–Kier alpha value is -0.480. The highest BCUT2D eigenvalue weighted by Gasteiger charge is 1.51. The highest BCUT2D eigenvalue weighted by Crippen LogP contribution is 1.53. The number of hydrogen-bond acceptors (Lipinski definition) is 1. The molecule has 0 spiro atoms. The van der Waals surface area contributed by atoms with E-state index in [-0.39, 0.29) is 0 Å². The van der Waals surface area contributed by atoms with Gasteiger partial charge in [-0.25, -0.2) is 0 Å². The quantitative estimate of drug-likeness (QED) is 0.412. The lowest BCUT2D eigenvalue weighted by Gasteiger charge is -1.58. The molecule has 0 aromatic rings. The lowest BCUT2D eigenvalue weighted by atomic mass is 10.6. The van der Waals surface area contributed by atoms with Gasteiger partial charge >= 0.3 is 0 Å². The first-order chi connectivity index (χ1) is 2.41. The minimum Gasteiger partial charge on any atom is -0.377 e. The van der Waals surface area contributed by atoms with Crippen LogP contribution < -0.4 is 0 Å². The third-order valence-electron chi connectivity index (χ3n) is 0.209. The van der Waals surface area contributed by atoms with E-state index in [1.807, 2.05) is 0 Å². The molecule has 1 nitrogen and oxygen atoms in total. The summed E-state index contributed by atoms with van der Waals surface area (Å²) in [5.74, 6) is 4.75. The van der Waals surface area contributed by atoms with E-state index in [2.05, 4.69) is 11.8 Å². The predicted octanol–water partition coefficient (Wildman–Crippen LogP) is 0.544. The SMILES string of the molecule is CC#C[CH]O. The largest absolute Gasteiger partial charge is 0.377 e. The molecule has 1 radical (unpaired) electrons. The average Bonchev–Trinajstić information content (AvgIpc) is 1.41. The average molecular weight is 69.1 g/mol. The Morgan fingerprint density at radius 3 is 2.40 bits per heavy atom. The number of aliphatic hydroxyl groups excluding tert-OH is 1. The Bertz CT molecular complexity index is 55.8. The molecule has 0 bridgehead atoms. The van der Waals surface area contributed by atoms with Crippen molar-refractivity contribution < 1.29 is 5.11 Å². The van der Waals surface area contributed by atoms with Gasteiger partial charge < -0.3 is 5.11 Å². The fourth-order valence-corrected chi connectivity index (χ4v) is 0.0645. The van der Waals surface area contributed by atoms with Crippen molar-refractivity contribution in [2.45, 2.75) is 6.92 Å². The van der Waals surface area contributed by atoms with Crippen LogP contribution >= 0.6 is 0 Å². The molecule has 0 heterocycles. The van der Waals surface area contributed by atoms with Gasteiger partial charge in [0.2, 0.25) is 0 Å². The first-order valence-corrected chi connectivity index (χ1v) is 1.30. The van der Waals surface area contributed by atoms with Crippen molar-refractivity contribution in [3.63, 3.8) is 0 Å². The monoisotopic (exact) mass is 69.0 g/mol. The van der Waals surface area contributed by atoms with Gasteiger partial charge in [0.1, 0.15) is 0 Å². The molecule has 27 valence electrons. The first kappa shape index (κ1) is 4.52. The minimum absolute atomic E-state index is 0.819. The number of hydrogen-bond donors (Lipinski definition) is 1. The molecule has 1 heteroatoms. The summed E-state index contributed by atoms with van der Waals surface area (Å²) in [5.41, 5.74) is 0. The van der Waals surface area contributed by atoms with Gasteiger partial charge in [0, 0.05) is 0 Å². The minimum atomic E-state index is 0.819. The Morgan fingerprint density at radius 1 is 1.80 bits per heavy atom. The highest BCUT2D eigenvalue weighted by atomic mass is 16.2. The summed E-state index contributed by atoms with van der Waals surface area (Å²) in [4.78, 5) is 0. The summed E-state index contributed by atoms with van der Waals surface area (Å²) in [6.45, 7) is 2.48. The van der Waals surface area contributed by atoms with Crippen LogP contribution in [0, 0.1) is 18.4 Å². The fraction of sp³-hybridized carbons (Fsp3) is 0.250. The van der Waals surface area contributed by atoms with Crippen molar-refractivity contribution in [2.75, 3.05) is 0 Å². The summed E-state index contributed by atoms with van der Waals surface area (Å²) in [7, 11) is 0. The van der Waals surface area contributed by atoms with Gasteiger partial charge in [-0.3, -0.25) is 0 Å². The molecule has 0 amide bonds. The van der Waals surface area contributed by atoms with Crippen LogP contribution in [0.5, 0.6) is 0 Å². The van der Waals surface area contributed by atoms with Crippen LogP contribution in [0.3, 0.4) is 0 Å². The van der Waals surface area contributed by atoms with E-state index >= 15 is 0 Å². The van der Waals surface area contributed by atoms with E-state index in [0.717, 1.165) is 6.61 Å². The molecular weight excluding hydrogens is 64.0 g/mol. The smallest absolute Gasteiger partial charge is 0.151 e. The van der Waals surface area contributed by atoms with E-state index in [9.17, 15) is 0 Å². The zero-order valence-corrected chi connectivity index (χ0v) is 3.02. The van der Waals surface area contributed by atoms with Gasteiger partial charge in [-0.05, 0) is 6.92 Å². The van der Waals surface area contributed by atoms with E-state index in [0.29, 0.717) is 0 Å². The second-order valence-electron chi connectivity index (χ2n) is 0.523. The van der Waals surface area contributed by atoms with Gasteiger partial charge in [-0.2, -0.15) is 0 Å². The van der Waals surface area contributed by atoms with E-state index < -0.39 is 0 Å². The van der Waals surface area contributed by atoms with E-state index in [4.69, 9.17) is 5.11 Å². The first-order valence-electron chi connectivity index (χ1n) is 1.30. The molecule has 0 aliphatic heterocycles. The summed E-state index contributed by atoms with van der Waals surface area (Å²) in [6.07, 6.45) is 0. The molecular formula is C4H5O. The maximum absolute atomic E-state index is 7.77. The topological polar surface area (TPSA) is 20.2 Å². The molecule has 0 rings (SSSR count). The molecule has 0 aromatic heterocycles. The van der Waals surface area contributed by atoms with Gasteiger partial charge in [-0.1, -0.05) is 5.92 Å². The summed E-state index contributed by atoms with van der Waals surface area (Å²) < 4.78 is 0. The molecule has 0 fully saturated rings. The standard InChI is InChI=1S/C4H5O/c1-2-3-4-5/h4-5H,1H3. The van der Waals surface area contributed by atoms with E-state index in [1.54, 1.807) is 6.92 Å². The lowest BCUT2D eigenvalue weighted by Crippen LogP contribution is -1.55. The van der Waals surface area contributed by atoms with Gasteiger partial charge in [-0.15, -0.1) is 5.92 Å². The Morgan fingerprint density at radius 2 is 2.40 bits per heavy atom. The van der Waals surface area contributed by atoms with Crippen LogP contribution in [-0.4, -0.2) is 5.11 Å². The molecule has 0 saturated carbocycles. The van der Waals surface area contributed by atoms with Gasteiger partial charge in [0.15, 0.2) is 6.61 Å². The Kier molecular flexibility index (Phi) is 3.18. The zero-order valence-electron chi connectivity index (χ0n) is 3.02. The molecule has 0 aromatic carbocycles. The van der Waals surface area contributed by atoms with Crippen LogP contribution in [0.4, 0.5) is 0 Å². The molecule has 0 aliphatic carbocycles. The summed E-state index contributed by atoms with van der Waals surface area (Å²) in [6, 6.07) is 0. The van der Waals surface area contributed by atoms with Crippen molar-refractivity contribution >= 4 is 0 Å². The number of rotatable bonds is 0. The van der Waals surface area contributed by atoms with Crippen LogP contribution in [0.1, 0.15) is 6.92 Å². The van der Waals surface area contributed by atoms with Crippen molar-refractivity contribution in [1.82, 2.24) is 0 Å². The van der Waals surface area contributed by atoms with Crippen LogP contribution in [-0.2, 0) is 0 Å². The maximum Gasteiger partial charge on any atom is 0.151 e. The predicted molar refractivity (Wildman–Crippen MR) is 19.7 cm³/mol. The molecule has 0 unspecified atom stereocenters. The third kappa shape index (κ3) is 3.52. The molecule has 0 aliphatic rings. The third-order valence-corrected chi connectivity index (χ3v) is 0.209. The van der Waals surface area contributed by atoms with E-state index in [1.165, 1.54) is 0 Å². The summed E-state index contributed by atoms with van der Waals surface area (Å²) >= 11 is 0. The molecule has 1 N–H and O–H groups in total. The Balaban J connectivity index is 2.81. The summed E-state index contributed by atoms with van der Waals surface area (Å²) in [5, 5.41) is 7.77. The van der Waals surface area contributed by atoms with Gasteiger partial charge in [0.25, 0.3) is 0 Å².